The van der Waals surface area contributed by atoms with Crippen molar-refractivity contribution in [1.82, 2.24) is 5.32 Å². The van der Waals surface area contributed by atoms with Gasteiger partial charge in [-0.15, -0.1) is 0 Å². The number of hydrogen-bond donors (Lipinski definition) is 1. The Labute approximate surface area is 105 Å². The van der Waals surface area contributed by atoms with Crippen molar-refractivity contribution in [2.45, 2.75) is 20.3 Å². The molecule has 0 fully saturated rings. The molecular formula is C13H17F2NO2. The Hall–Kier alpha value is -1.65. The van der Waals surface area contributed by atoms with Crippen molar-refractivity contribution in [3.05, 3.63) is 29.8 Å². The Bertz CT molecular complexity index is 408. The Kier molecular flexibility index (Phi) is 5.55. The first-order valence-electron chi connectivity index (χ1n) is 5.83. The van der Waals surface area contributed by atoms with E-state index in [-0.39, 0.29) is 18.3 Å². The molecule has 0 aliphatic carbocycles. The third kappa shape index (κ3) is 5.12. The molecule has 0 unspecified atom stereocenters. The maximum absolute atomic E-state index is 13.2. The molecule has 0 saturated carbocycles. The number of ether oxygens (including phenoxy) is 1. The van der Waals surface area contributed by atoms with E-state index in [0.717, 1.165) is 18.6 Å². The van der Waals surface area contributed by atoms with Crippen molar-refractivity contribution in [1.29, 1.82) is 0 Å². The van der Waals surface area contributed by atoms with E-state index in [2.05, 4.69) is 19.2 Å². The first-order valence-corrected chi connectivity index (χ1v) is 5.83. The Balaban J connectivity index is 2.33. The second kappa shape index (κ2) is 6.93. The van der Waals surface area contributed by atoms with E-state index in [0.29, 0.717) is 18.5 Å². The van der Waals surface area contributed by atoms with Gasteiger partial charge in [-0.1, -0.05) is 13.8 Å². The molecule has 1 N–H and O–H groups in total. The van der Waals surface area contributed by atoms with E-state index in [1.807, 2.05) is 0 Å². The maximum atomic E-state index is 13.2. The van der Waals surface area contributed by atoms with Gasteiger partial charge in [-0.05, 0) is 24.5 Å². The zero-order valence-corrected chi connectivity index (χ0v) is 10.5. The fourth-order valence-electron chi connectivity index (χ4n) is 1.29. The quantitative estimate of drug-likeness (QED) is 0.850. The average Bonchev–Trinajstić information content (AvgIpc) is 2.27. The molecule has 3 nitrogen and oxygen atoms in total. The summed E-state index contributed by atoms with van der Waals surface area (Å²) in [7, 11) is 0. The van der Waals surface area contributed by atoms with Gasteiger partial charge in [0.25, 0.3) is 5.91 Å². The standard InChI is InChI=1S/C13H17F2NO2/c1-9(2)5-6-16-13(17)8-18-12-4-3-10(14)7-11(12)15/h3-4,7,9H,5-6,8H2,1-2H3,(H,16,17). The SMILES string of the molecule is CC(C)CCNC(=O)COc1ccc(F)cc1F. The van der Waals surface area contributed by atoms with Crippen LogP contribution in [0.3, 0.4) is 0 Å². The Morgan fingerprint density at radius 1 is 1.39 bits per heavy atom. The zero-order valence-electron chi connectivity index (χ0n) is 10.5. The number of rotatable bonds is 6. The largest absolute Gasteiger partial charge is 0.481 e. The number of carbonyl (C=O) groups excluding carboxylic acids is 1. The molecule has 18 heavy (non-hydrogen) atoms. The van der Waals surface area contributed by atoms with E-state index in [1.54, 1.807) is 0 Å². The molecule has 5 heteroatoms. The average molecular weight is 257 g/mol. The van der Waals surface area contributed by atoms with E-state index in [4.69, 9.17) is 4.74 Å². The van der Waals surface area contributed by atoms with Crippen molar-refractivity contribution in [2.75, 3.05) is 13.2 Å². The van der Waals surface area contributed by atoms with Gasteiger partial charge in [-0.25, -0.2) is 8.78 Å². The van der Waals surface area contributed by atoms with Crippen LogP contribution in [0.4, 0.5) is 8.78 Å². The van der Waals surface area contributed by atoms with Crippen molar-refractivity contribution < 1.29 is 18.3 Å². The molecule has 0 atom stereocenters. The van der Waals surface area contributed by atoms with E-state index >= 15 is 0 Å². The van der Waals surface area contributed by atoms with Gasteiger partial charge < -0.3 is 10.1 Å². The van der Waals surface area contributed by atoms with Crippen LogP contribution in [0, 0.1) is 17.6 Å². The van der Waals surface area contributed by atoms with Gasteiger partial charge in [0, 0.05) is 12.6 Å². The highest BCUT2D eigenvalue weighted by atomic mass is 19.1. The van der Waals surface area contributed by atoms with Gasteiger partial charge in [0.1, 0.15) is 5.82 Å². The summed E-state index contributed by atoms with van der Waals surface area (Å²) in [6.45, 7) is 4.39. The van der Waals surface area contributed by atoms with Crippen molar-refractivity contribution in [3.8, 4) is 5.75 Å². The molecular weight excluding hydrogens is 240 g/mol. The van der Waals surface area contributed by atoms with Crippen LogP contribution >= 0.6 is 0 Å². The minimum Gasteiger partial charge on any atom is -0.481 e. The Morgan fingerprint density at radius 3 is 2.72 bits per heavy atom. The molecule has 0 bridgehead atoms. The molecule has 1 amide bonds. The summed E-state index contributed by atoms with van der Waals surface area (Å²) in [4.78, 5) is 11.3. The summed E-state index contributed by atoms with van der Waals surface area (Å²) in [6.07, 6.45) is 0.872. The topological polar surface area (TPSA) is 38.3 Å². The van der Waals surface area contributed by atoms with Crippen LogP contribution in [0.1, 0.15) is 20.3 Å². The first-order chi connectivity index (χ1) is 8.49. The highest BCUT2D eigenvalue weighted by Crippen LogP contribution is 2.17. The van der Waals surface area contributed by atoms with Crippen LogP contribution in [-0.2, 0) is 4.79 Å². The van der Waals surface area contributed by atoms with Crippen LogP contribution in [0.25, 0.3) is 0 Å². The van der Waals surface area contributed by atoms with Gasteiger partial charge >= 0.3 is 0 Å². The minimum absolute atomic E-state index is 0.129. The van der Waals surface area contributed by atoms with Gasteiger partial charge in [0.15, 0.2) is 18.2 Å². The predicted molar refractivity (Wildman–Crippen MR) is 64.3 cm³/mol. The minimum atomic E-state index is -0.815. The van der Waals surface area contributed by atoms with Crippen LogP contribution in [-0.4, -0.2) is 19.1 Å². The van der Waals surface area contributed by atoms with E-state index < -0.39 is 11.6 Å². The second-order valence-corrected chi connectivity index (χ2v) is 4.40. The van der Waals surface area contributed by atoms with Crippen molar-refractivity contribution in [2.24, 2.45) is 5.92 Å². The molecule has 100 valence electrons. The lowest BCUT2D eigenvalue weighted by atomic mass is 10.1. The zero-order chi connectivity index (χ0) is 13.5. The lowest BCUT2D eigenvalue weighted by Gasteiger charge is -2.09. The lowest BCUT2D eigenvalue weighted by Crippen LogP contribution is -2.30. The van der Waals surface area contributed by atoms with Crippen LogP contribution < -0.4 is 10.1 Å². The number of hydrogen-bond acceptors (Lipinski definition) is 2. The first kappa shape index (κ1) is 14.4. The molecule has 0 aliphatic rings. The summed E-state index contributed by atoms with van der Waals surface area (Å²) in [6, 6.07) is 2.95. The summed E-state index contributed by atoms with van der Waals surface area (Å²) >= 11 is 0. The predicted octanol–water partition coefficient (Wildman–Crippen LogP) is 2.51. The Morgan fingerprint density at radius 2 is 2.11 bits per heavy atom. The highest BCUT2D eigenvalue weighted by Gasteiger charge is 2.07. The molecule has 0 heterocycles. The molecule has 0 radical (unpaired) electrons. The normalized spacial score (nSPS) is 10.5. The molecule has 0 spiro atoms. The summed E-state index contributed by atoms with van der Waals surface area (Å²) in [5.41, 5.74) is 0. The monoisotopic (exact) mass is 257 g/mol. The lowest BCUT2D eigenvalue weighted by molar-refractivity contribution is -0.123. The highest BCUT2D eigenvalue weighted by molar-refractivity contribution is 5.77. The summed E-state index contributed by atoms with van der Waals surface area (Å²) in [5.74, 6) is -1.44. The van der Waals surface area contributed by atoms with Crippen molar-refractivity contribution >= 4 is 5.91 Å². The van der Waals surface area contributed by atoms with E-state index in [9.17, 15) is 13.6 Å². The smallest absolute Gasteiger partial charge is 0.257 e. The van der Waals surface area contributed by atoms with Gasteiger partial charge in [0.05, 0.1) is 0 Å². The van der Waals surface area contributed by atoms with Gasteiger partial charge in [0.2, 0.25) is 0 Å². The van der Waals surface area contributed by atoms with Gasteiger partial charge in [-0.2, -0.15) is 0 Å². The number of benzene rings is 1. The fraction of sp³-hybridized carbons (Fsp3) is 0.462. The second-order valence-electron chi connectivity index (χ2n) is 4.40. The number of amides is 1. The molecule has 0 saturated heterocycles. The van der Waals surface area contributed by atoms with E-state index in [1.165, 1.54) is 0 Å². The van der Waals surface area contributed by atoms with Crippen LogP contribution in [0.5, 0.6) is 5.75 Å². The number of halogens is 2. The summed E-state index contributed by atoms with van der Waals surface area (Å²) in [5, 5.41) is 2.65. The molecule has 1 rings (SSSR count). The fourth-order valence-corrected chi connectivity index (χ4v) is 1.29. The summed E-state index contributed by atoms with van der Waals surface area (Å²) < 4.78 is 30.7. The number of nitrogens with one attached hydrogen (secondary N) is 1. The number of carbonyl (C=O) groups is 1. The van der Waals surface area contributed by atoms with Crippen molar-refractivity contribution in [3.63, 3.8) is 0 Å². The van der Waals surface area contributed by atoms with Gasteiger partial charge in [-0.3, -0.25) is 4.79 Å². The molecule has 0 aromatic heterocycles. The molecule has 0 aliphatic heterocycles. The third-order valence-corrected chi connectivity index (χ3v) is 2.30. The molecule has 1 aromatic carbocycles. The molecule has 1 aromatic rings. The maximum Gasteiger partial charge on any atom is 0.257 e. The third-order valence-electron chi connectivity index (χ3n) is 2.30. The van der Waals surface area contributed by atoms with Crippen LogP contribution in [0.15, 0.2) is 18.2 Å². The van der Waals surface area contributed by atoms with Crippen LogP contribution in [0.2, 0.25) is 0 Å².